The van der Waals surface area contributed by atoms with E-state index >= 15 is 0 Å². The first-order chi connectivity index (χ1) is 15.9. The lowest BCUT2D eigenvalue weighted by Crippen LogP contribution is -2.62. The SMILES string of the molecule is CCOC(O)(OCC)OCC(=O)[C@@]1(O)CC[C@H]2[C@@H]3CCC4=CC(=O)C=C[C@]4(C)[C@H]3C(O)C[C@@]21C. The number of ether oxygens (including phenoxy) is 3. The van der Waals surface area contributed by atoms with Crippen LogP contribution in [0.2, 0.25) is 0 Å². The van der Waals surface area contributed by atoms with Gasteiger partial charge in [0.15, 0.2) is 11.6 Å². The summed E-state index contributed by atoms with van der Waals surface area (Å²) in [6, 6.07) is 0. The van der Waals surface area contributed by atoms with Crippen LogP contribution in [0.5, 0.6) is 0 Å². The van der Waals surface area contributed by atoms with E-state index in [9.17, 15) is 24.9 Å². The fraction of sp³-hybridized carbons (Fsp3) is 0.769. The molecule has 4 rings (SSSR count). The van der Waals surface area contributed by atoms with E-state index in [-0.39, 0.29) is 49.6 Å². The third-order valence-electron chi connectivity index (χ3n) is 9.15. The molecule has 4 aliphatic carbocycles. The van der Waals surface area contributed by atoms with Gasteiger partial charge in [-0.15, -0.1) is 0 Å². The maximum absolute atomic E-state index is 13.3. The summed E-state index contributed by atoms with van der Waals surface area (Å²) in [7, 11) is 0. The minimum absolute atomic E-state index is 0.0130. The van der Waals surface area contributed by atoms with Crippen LogP contribution in [0, 0.1) is 28.6 Å². The molecule has 0 radical (unpaired) electrons. The number of aliphatic hydroxyl groups excluding tert-OH is 1. The second-order valence-electron chi connectivity index (χ2n) is 10.7. The highest BCUT2D eigenvalue weighted by atomic mass is 17.0. The Kier molecular flexibility index (Phi) is 6.72. The average molecular weight is 479 g/mol. The van der Waals surface area contributed by atoms with Crippen molar-refractivity contribution in [3.8, 4) is 0 Å². The lowest BCUT2D eigenvalue weighted by atomic mass is 9.46. The predicted octanol–water partition coefficient (Wildman–Crippen LogP) is 2.26. The minimum Gasteiger partial charge on any atom is -0.393 e. The Hall–Kier alpha value is -1.42. The maximum Gasteiger partial charge on any atom is 0.410 e. The Balaban J connectivity index is 1.57. The number of fused-ring (bicyclic) bond motifs is 5. The molecule has 8 nitrogen and oxygen atoms in total. The summed E-state index contributed by atoms with van der Waals surface area (Å²) in [6.07, 6.45) is 4.92. The van der Waals surface area contributed by atoms with Crippen LogP contribution < -0.4 is 0 Å². The van der Waals surface area contributed by atoms with Crippen LogP contribution in [-0.2, 0) is 23.8 Å². The molecule has 190 valence electrons. The van der Waals surface area contributed by atoms with Crippen LogP contribution in [0.15, 0.2) is 23.8 Å². The van der Waals surface area contributed by atoms with Crippen molar-refractivity contribution in [1.29, 1.82) is 0 Å². The smallest absolute Gasteiger partial charge is 0.393 e. The fourth-order valence-corrected chi connectivity index (χ4v) is 7.55. The molecule has 7 atom stereocenters. The van der Waals surface area contributed by atoms with E-state index in [1.807, 2.05) is 13.0 Å². The third kappa shape index (κ3) is 3.83. The number of hydrogen-bond donors (Lipinski definition) is 3. The minimum atomic E-state index is -2.35. The topological polar surface area (TPSA) is 123 Å². The zero-order valence-electron chi connectivity index (χ0n) is 20.6. The van der Waals surface area contributed by atoms with Crippen molar-refractivity contribution in [1.82, 2.24) is 0 Å². The first-order valence-electron chi connectivity index (χ1n) is 12.5. The number of carbonyl (C=O) groups excluding carboxylic acids is 2. The van der Waals surface area contributed by atoms with Gasteiger partial charge >= 0.3 is 6.16 Å². The molecule has 3 fully saturated rings. The monoisotopic (exact) mass is 478 g/mol. The Morgan fingerprint density at radius 3 is 2.50 bits per heavy atom. The van der Waals surface area contributed by atoms with E-state index in [2.05, 4.69) is 6.92 Å². The number of allylic oxidation sites excluding steroid dienone is 4. The fourth-order valence-electron chi connectivity index (χ4n) is 7.55. The number of Topliss-reactive ketones (excluding diaryl/α,β-unsaturated/α-hetero) is 1. The van der Waals surface area contributed by atoms with Crippen LogP contribution in [0.4, 0.5) is 0 Å². The normalized spacial score (nSPS) is 41.5. The summed E-state index contributed by atoms with van der Waals surface area (Å²) in [4.78, 5) is 25.3. The highest BCUT2D eigenvalue weighted by Gasteiger charge is 2.68. The van der Waals surface area contributed by atoms with Crippen molar-refractivity contribution < 1.29 is 39.1 Å². The van der Waals surface area contributed by atoms with Gasteiger partial charge in [0.1, 0.15) is 12.2 Å². The lowest BCUT2D eigenvalue weighted by Gasteiger charge is -2.59. The molecule has 3 saturated carbocycles. The highest BCUT2D eigenvalue weighted by Crippen LogP contribution is 2.67. The third-order valence-corrected chi connectivity index (χ3v) is 9.15. The van der Waals surface area contributed by atoms with Crippen LogP contribution in [-0.4, -0.2) is 64.6 Å². The van der Waals surface area contributed by atoms with Crippen LogP contribution in [0.25, 0.3) is 0 Å². The molecular formula is C26H38O8. The summed E-state index contributed by atoms with van der Waals surface area (Å²) < 4.78 is 15.5. The number of hydrogen-bond acceptors (Lipinski definition) is 8. The van der Waals surface area contributed by atoms with E-state index < -0.39 is 41.1 Å². The zero-order chi connectivity index (χ0) is 24.9. The van der Waals surface area contributed by atoms with Crippen molar-refractivity contribution in [3.05, 3.63) is 23.8 Å². The molecule has 4 aliphatic rings. The molecule has 0 aromatic carbocycles. The van der Waals surface area contributed by atoms with Crippen LogP contribution in [0.3, 0.4) is 0 Å². The molecule has 0 bridgehead atoms. The van der Waals surface area contributed by atoms with Gasteiger partial charge in [0.05, 0.1) is 19.3 Å². The van der Waals surface area contributed by atoms with Gasteiger partial charge < -0.3 is 24.8 Å². The molecule has 0 amide bonds. The summed E-state index contributed by atoms with van der Waals surface area (Å²) in [5.41, 5.74) is -1.88. The number of ketones is 2. The van der Waals surface area contributed by atoms with Crippen LogP contribution >= 0.6 is 0 Å². The Labute approximate surface area is 201 Å². The number of aliphatic hydroxyl groups is 3. The van der Waals surface area contributed by atoms with E-state index in [0.717, 1.165) is 18.4 Å². The lowest BCUT2D eigenvalue weighted by molar-refractivity contribution is -0.481. The highest BCUT2D eigenvalue weighted by molar-refractivity contribution is 6.01. The van der Waals surface area contributed by atoms with Gasteiger partial charge in [-0.05, 0) is 69.9 Å². The summed E-state index contributed by atoms with van der Waals surface area (Å²) >= 11 is 0. The second kappa shape index (κ2) is 8.91. The molecule has 0 saturated heterocycles. The standard InChI is InChI=1S/C26H38O8/c1-5-32-26(31,33-6-2)34-15-21(29)25(30)12-10-19-18-8-7-16-13-17(27)9-11-23(16,3)22(18)20(28)14-24(19,25)4/h9,11,13,18-20,22,28,30-31H,5-8,10,12,14-15H2,1-4H3/t18-,19-,20?,22+,23-,24-,25-/m0/s1. The van der Waals surface area contributed by atoms with Crippen molar-refractivity contribution in [2.45, 2.75) is 77.7 Å². The molecule has 0 aromatic heterocycles. The van der Waals surface area contributed by atoms with Crippen LogP contribution in [0.1, 0.15) is 59.8 Å². The molecule has 3 N–H and O–H groups in total. The van der Waals surface area contributed by atoms with Crippen molar-refractivity contribution in [3.63, 3.8) is 0 Å². The van der Waals surface area contributed by atoms with Gasteiger partial charge in [-0.25, -0.2) is 0 Å². The molecule has 34 heavy (non-hydrogen) atoms. The van der Waals surface area contributed by atoms with Gasteiger partial charge in [-0.1, -0.05) is 25.5 Å². The molecular weight excluding hydrogens is 440 g/mol. The molecule has 1 unspecified atom stereocenters. The van der Waals surface area contributed by atoms with E-state index in [4.69, 9.17) is 14.2 Å². The Bertz CT molecular complexity index is 889. The van der Waals surface area contributed by atoms with Crippen molar-refractivity contribution in [2.75, 3.05) is 19.8 Å². The first-order valence-corrected chi connectivity index (χ1v) is 12.5. The van der Waals surface area contributed by atoms with E-state index in [1.54, 1.807) is 26.0 Å². The first kappa shape index (κ1) is 25.7. The quantitative estimate of drug-likeness (QED) is 0.454. The summed E-state index contributed by atoms with van der Waals surface area (Å²) in [5, 5.41) is 33.5. The Morgan fingerprint density at radius 2 is 1.85 bits per heavy atom. The summed E-state index contributed by atoms with van der Waals surface area (Å²) in [5.74, 6) is -0.491. The molecule has 0 heterocycles. The number of carbonyl (C=O) groups is 2. The molecule has 0 spiro atoms. The maximum atomic E-state index is 13.3. The largest absolute Gasteiger partial charge is 0.410 e. The van der Waals surface area contributed by atoms with E-state index in [1.165, 1.54) is 0 Å². The summed E-state index contributed by atoms with van der Waals surface area (Å²) in [6.45, 7) is 6.95. The van der Waals surface area contributed by atoms with Crippen molar-refractivity contribution in [2.24, 2.45) is 28.6 Å². The second-order valence-corrected chi connectivity index (χ2v) is 10.7. The molecule has 0 aliphatic heterocycles. The van der Waals surface area contributed by atoms with Gasteiger partial charge in [0, 0.05) is 16.7 Å². The van der Waals surface area contributed by atoms with Gasteiger partial charge in [0.25, 0.3) is 0 Å². The predicted molar refractivity (Wildman–Crippen MR) is 122 cm³/mol. The van der Waals surface area contributed by atoms with Gasteiger partial charge in [-0.3, -0.25) is 14.3 Å². The molecule has 0 aromatic rings. The molecule has 8 heteroatoms. The van der Waals surface area contributed by atoms with Gasteiger partial charge in [0.2, 0.25) is 0 Å². The average Bonchev–Trinajstić information content (AvgIpc) is 3.04. The number of rotatable bonds is 8. The van der Waals surface area contributed by atoms with E-state index in [0.29, 0.717) is 6.42 Å². The zero-order valence-corrected chi connectivity index (χ0v) is 20.6. The van der Waals surface area contributed by atoms with Crippen molar-refractivity contribution >= 4 is 11.6 Å². The Morgan fingerprint density at radius 1 is 1.18 bits per heavy atom. The van der Waals surface area contributed by atoms with Gasteiger partial charge in [-0.2, -0.15) is 0 Å².